The number of ether oxygens (including phenoxy) is 1. The fourth-order valence-electron chi connectivity index (χ4n) is 4.07. The second-order valence-electron chi connectivity index (χ2n) is 9.47. The zero-order valence-electron chi connectivity index (χ0n) is 22.8. The molecule has 210 valence electrons. The van der Waals surface area contributed by atoms with Crippen LogP contribution >= 0.6 is 0 Å². The molecule has 4 rings (SSSR count). The molecule has 0 atom stereocenters. The minimum atomic E-state index is -0.110. The molecular formula is C33H34N4O4. The highest BCUT2D eigenvalue weighted by molar-refractivity contribution is 5.91. The van der Waals surface area contributed by atoms with Crippen molar-refractivity contribution in [2.75, 3.05) is 18.5 Å². The third-order valence-corrected chi connectivity index (χ3v) is 6.24. The predicted octanol–water partition coefficient (Wildman–Crippen LogP) is 4.91. The minimum absolute atomic E-state index is 0.0713. The normalized spacial score (nSPS) is 10.4. The van der Waals surface area contributed by atoms with Crippen molar-refractivity contribution >= 4 is 23.4 Å². The Labute approximate surface area is 240 Å². The lowest BCUT2D eigenvalue weighted by molar-refractivity contribution is -0.122. The van der Waals surface area contributed by atoms with Gasteiger partial charge in [-0.25, -0.2) is 0 Å². The molecule has 1 aromatic heterocycles. The van der Waals surface area contributed by atoms with Crippen LogP contribution in [0.15, 0.2) is 103 Å². The predicted molar refractivity (Wildman–Crippen MR) is 159 cm³/mol. The van der Waals surface area contributed by atoms with Gasteiger partial charge in [-0.05, 0) is 47.9 Å². The average molecular weight is 551 g/mol. The summed E-state index contributed by atoms with van der Waals surface area (Å²) in [5.74, 6) is 0.406. The van der Waals surface area contributed by atoms with Gasteiger partial charge in [-0.1, -0.05) is 66.7 Å². The quantitative estimate of drug-likeness (QED) is 0.193. The Kier molecular flexibility index (Phi) is 11.0. The van der Waals surface area contributed by atoms with Gasteiger partial charge in [0.15, 0.2) is 0 Å². The molecule has 0 spiro atoms. The number of pyridine rings is 1. The lowest BCUT2D eigenvalue weighted by atomic mass is 10.1. The van der Waals surface area contributed by atoms with Crippen molar-refractivity contribution in [3.05, 3.63) is 115 Å². The molecule has 3 amide bonds. The molecule has 3 N–H and O–H groups in total. The summed E-state index contributed by atoms with van der Waals surface area (Å²) in [6, 6.07) is 30.5. The van der Waals surface area contributed by atoms with Crippen molar-refractivity contribution in [3.8, 4) is 16.9 Å². The molecule has 0 fully saturated rings. The first-order chi connectivity index (χ1) is 20.0. The van der Waals surface area contributed by atoms with E-state index in [1.54, 1.807) is 6.20 Å². The van der Waals surface area contributed by atoms with E-state index in [0.717, 1.165) is 22.4 Å². The van der Waals surface area contributed by atoms with E-state index in [1.165, 1.54) is 0 Å². The Morgan fingerprint density at radius 2 is 1.37 bits per heavy atom. The molecule has 0 aliphatic heterocycles. The Morgan fingerprint density at radius 1 is 0.683 bits per heavy atom. The van der Waals surface area contributed by atoms with E-state index in [4.69, 9.17) is 4.74 Å². The van der Waals surface area contributed by atoms with Crippen LogP contribution in [0.5, 0.6) is 5.75 Å². The fraction of sp³-hybridized carbons (Fsp3) is 0.212. The molecule has 0 radical (unpaired) electrons. The van der Waals surface area contributed by atoms with Crippen molar-refractivity contribution in [3.63, 3.8) is 0 Å². The summed E-state index contributed by atoms with van der Waals surface area (Å²) in [5.41, 5.74) is 4.43. The Balaban J connectivity index is 1.10. The van der Waals surface area contributed by atoms with Crippen molar-refractivity contribution in [1.82, 2.24) is 15.6 Å². The molecule has 0 aliphatic carbocycles. The topological polar surface area (TPSA) is 109 Å². The van der Waals surface area contributed by atoms with Crippen LogP contribution < -0.4 is 20.7 Å². The van der Waals surface area contributed by atoms with Crippen LogP contribution in [0.3, 0.4) is 0 Å². The summed E-state index contributed by atoms with van der Waals surface area (Å²) < 4.78 is 5.74. The van der Waals surface area contributed by atoms with Crippen LogP contribution in [0.2, 0.25) is 0 Å². The zero-order valence-corrected chi connectivity index (χ0v) is 22.8. The number of hydrogen-bond donors (Lipinski definition) is 3. The maximum atomic E-state index is 12.2. The van der Waals surface area contributed by atoms with E-state index < -0.39 is 0 Å². The van der Waals surface area contributed by atoms with Crippen molar-refractivity contribution in [1.29, 1.82) is 0 Å². The average Bonchev–Trinajstić information content (AvgIpc) is 3.00. The third-order valence-electron chi connectivity index (χ3n) is 6.24. The number of hydrogen-bond acceptors (Lipinski definition) is 5. The second-order valence-corrected chi connectivity index (χ2v) is 9.47. The number of amides is 3. The van der Waals surface area contributed by atoms with E-state index in [0.29, 0.717) is 37.6 Å². The molecule has 0 aliphatic rings. The van der Waals surface area contributed by atoms with Gasteiger partial charge in [0.2, 0.25) is 17.7 Å². The number of rotatable bonds is 14. The maximum Gasteiger partial charge on any atom is 0.226 e. The van der Waals surface area contributed by atoms with Gasteiger partial charge in [0, 0.05) is 42.5 Å². The number of benzene rings is 3. The monoisotopic (exact) mass is 550 g/mol. The van der Waals surface area contributed by atoms with Crippen LogP contribution in [0.1, 0.15) is 30.5 Å². The van der Waals surface area contributed by atoms with Crippen LogP contribution in [-0.4, -0.2) is 35.9 Å². The smallest absolute Gasteiger partial charge is 0.226 e. The molecular weight excluding hydrogens is 516 g/mol. The van der Waals surface area contributed by atoms with Gasteiger partial charge >= 0.3 is 0 Å². The first-order valence-corrected chi connectivity index (χ1v) is 13.7. The molecule has 3 aromatic carbocycles. The molecule has 0 saturated carbocycles. The fourth-order valence-corrected chi connectivity index (χ4v) is 4.07. The van der Waals surface area contributed by atoms with Crippen LogP contribution in [0.4, 0.5) is 5.69 Å². The Hall–Kier alpha value is -4.98. The number of para-hydroxylation sites is 1. The second kappa shape index (κ2) is 15.6. The molecule has 8 heteroatoms. The largest absolute Gasteiger partial charge is 0.492 e. The summed E-state index contributed by atoms with van der Waals surface area (Å²) in [7, 11) is 0. The highest BCUT2D eigenvalue weighted by atomic mass is 16.5. The first-order valence-electron chi connectivity index (χ1n) is 13.7. The molecule has 0 saturated heterocycles. The number of nitrogens with one attached hydrogen (secondary N) is 3. The standard InChI is InChI=1S/C33H34N4O4/c38-31(12-7-13-32(39)37-28-10-5-2-6-11-28)34-20-21-41-30-18-15-26(16-19-30)27-14-17-29(35-24-27)22-33(40)36-23-25-8-3-1-4-9-25/h1-6,8-11,14-19,24H,7,12-13,20-23H2,(H,34,38)(H,36,40)(H,37,39). The SMILES string of the molecule is O=C(CCCC(=O)Nc1ccccc1)NCCOc1ccc(-c2ccc(CC(=O)NCc3ccccc3)nc2)cc1. The molecule has 8 nitrogen and oxygen atoms in total. The highest BCUT2D eigenvalue weighted by Gasteiger charge is 2.07. The maximum absolute atomic E-state index is 12.2. The molecule has 1 heterocycles. The van der Waals surface area contributed by atoms with Crippen LogP contribution in [-0.2, 0) is 27.3 Å². The van der Waals surface area contributed by atoms with E-state index in [9.17, 15) is 14.4 Å². The van der Waals surface area contributed by atoms with E-state index in [2.05, 4.69) is 20.9 Å². The zero-order chi connectivity index (χ0) is 28.7. The number of anilines is 1. The summed E-state index contributed by atoms with van der Waals surface area (Å²) in [6.45, 7) is 1.21. The van der Waals surface area contributed by atoms with Gasteiger partial charge < -0.3 is 20.7 Å². The summed E-state index contributed by atoms with van der Waals surface area (Å²) in [4.78, 5) is 40.7. The van der Waals surface area contributed by atoms with Gasteiger partial charge in [-0.15, -0.1) is 0 Å². The summed E-state index contributed by atoms with van der Waals surface area (Å²) >= 11 is 0. The summed E-state index contributed by atoms with van der Waals surface area (Å²) in [5, 5.41) is 8.54. The van der Waals surface area contributed by atoms with Gasteiger partial charge in [0.1, 0.15) is 12.4 Å². The lowest BCUT2D eigenvalue weighted by Gasteiger charge is -2.09. The van der Waals surface area contributed by atoms with E-state index in [1.807, 2.05) is 97.1 Å². The van der Waals surface area contributed by atoms with Gasteiger partial charge in [0.05, 0.1) is 13.0 Å². The molecule has 0 bridgehead atoms. The number of carbonyl (C=O) groups is 3. The van der Waals surface area contributed by atoms with Crippen LogP contribution in [0, 0.1) is 0 Å². The van der Waals surface area contributed by atoms with Gasteiger partial charge in [-0.3, -0.25) is 19.4 Å². The minimum Gasteiger partial charge on any atom is -0.492 e. The van der Waals surface area contributed by atoms with Crippen molar-refractivity contribution in [2.45, 2.75) is 32.2 Å². The lowest BCUT2D eigenvalue weighted by Crippen LogP contribution is -2.28. The van der Waals surface area contributed by atoms with E-state index in [-0.39, 0.29) is 37.0 Å². The Morgan fingerprint density at radius 3 is 2.07 bits per heavy atom. The number of carbonyl (C=O) groups excluding carboxylic acids is 3. The van der Waals surface area contributed by atoms with Crippen molar-refractivity contribution in [2.24, 2.45) is 0 Å². The highest BCUT2D eigenvalue weighted by Crippen LogP contribution is 2.22. The first kappa shape index (κ1) is 29.0. The van der Waals surface area contributed by atoms with Crippen LogP contribution in [0.25, 0.3) is 11.1 Å². The van der Waals surface area contributed by atoms with E-state index >= 15 is 0 Å². The Bertz CT molecular complexity index is 1390. The van der Waals surface area contributed by atoms with Gasteiger partial charge in [0.25, 0.3) is 0 Å². The molecule has 41 heavy (non-hydrogen) atoms. The van der Waals surface area contributed by atoms with Crippen molar-refractivity contribution < 1.29 is 19.1 Å². The molecule has 0 unspecified atom stereocenters. The molecule has 4 aromatic rings. The third kappa shape index (κ3) is 10.3. The van der Waals surface area contributed by atoms with Gasteiger partial charge in [-0.2, -0.15) is 0 Å². The number of nitrogens with zero attached hydrogens (tertiary/aromatic N) is 1. The summed E-state index contributed by atoms with van der Waals surface area (Å²) in [6.07, 6.45) is 3.02. The number of aromatic nitrogens is 1.